The van der Waals surface area contributed by atoms with Gasteiger partial charge >= 0.3 is 0 Å². The topological polar surface area (TPSA) is 63.3 Å². The lowest BCUT2D eigenvalue weighted by atomic mass is 9.64. The first-order valence-electron chi connectivity index (χ1n) is 7.24. The summed E-state index contributed by atoms with van der Waals surface area (Å²) in [6, 6.07) is 7.83. The van der Waals surface area contributed by atoms with Crippen LogP contribution in [0, 0.1) is 12.8 Å². The minimum atomic E-state index is -1.14. The molecule has 5 heteroatoms. The summed E-state index contributed by atoms with van der Waals surface area (Å²) in [6.07, 6.45) is 0.330. The lowest BCUT2D eigenvalue weighted by Crippen LogP contribution is -2.48. The van der Waals surface area contributed by atoms with Gasteiger partial charge in [0.2, 0.25) is 0 Å². The molecule has 0 bridgehead atoms. The molecule has 0 aliphatic heterocycles. The molecule has 0 unspecified atom stereocenters. The van der Waals surface area contributed by atoms with Gasteiger partial charge in [-0.25, -0.2) is 0 Å². The largest absolute Gasteiger partial charge is 0.389 e. The van der Waals surface area contributed by atoms with Crippen LogP contribution in [0.4, 0.5) is 0 Å². The number of aryl methyl sites for hydroxylation is 1. The van der Waals surface area contributed by atoms with E-state index in [1.54, 1.807) is 13.8 Å². The van der Waals surface area contributed by atoms with Gasteiger partial charge < -0.3 is 9.63 Å². The number of benzene rings is 1. The second kappa shape index (κ2) is 5.32. The molecule has 116 valence electrons. The van der Waals surface area contributed by atoms with E-state index in [1.807, 2.05) is 31.2 Å². The first-order chi connectivity index (χ1) is 10.3. The van der Waals surface area contributed by atoms with E-state index in [1.165, 1.54) is 0 Å². The number of halogens is 1. The van der Waals surface area contributed by atoms with E-state index in [0.29, 0.717) is 12.2 Å². The maximum atomic E-state index is 12.3. The number of ketones is 1. The summed E-state index contributed by atoms with van der Waals surface area (Å²) < 4.78 is 6.31. The molecule has 0 radical (unpaired) electrons. The highest BCUT2D eigenvalue weighted by atomic mass is 79.9. The van der Waals surface area contributed by atoms with Gasteiger partial charge in [0.05, 0.1) is 17.2 Å². The van der Waals surface area contributed by atoms with Gasteiger partial charge in [-0.2, -0.15) is 0 Å². The molecule has 4 nitrogen and oxygen atoms in total. The molecule has 0 saturated heterocycles. The molecule has 1 aromatic carbocycles. The third-order valence-corrected chi connectivity index (χ3v) is 5.02. The fraction of sp³-hybridized carbons (Fsp3) is 0.412. The number of carbonyl (C=O) groups excluding carboxylic acids is 1. The maximum absolute atomic E-state index is 12.3. The Kier molecular flexibility index (Phi) is 3.73. The van der Waals surface area contributed by atoms with Gasteiger partial charge in [0.1, 0.15) is 11.5 Å². The molecule has 0 spiro atoms. The molecule has 0 saturated carbocycles. The van der Waals surface area contributed by atoms with Gasteiger partial charge in [-0.1, -0.05) is 33.2 Å². The van der Waals surface area contributed by atoms with Gasteiger partial charge in [0, 0.05) is 22.4 Å². The Labute approximate surface area is 137 Å². The van der Waals surface area contributed by atoms with Crippen LogP contribution >= 0.6 is 15.9 Å². The molecule has 0 fully saturated rings. The zero-order valence-corrected chi connectivity index (χ0v) is 14.3. The van der Waals surface area contributed by atoms with E-state index >= 15 is 0 Å². The summed E-state index contributed by atoms with van der Waals surface area (Å²) >= 11 is 3.43. The van der Waals surface area contributed by atoms with Crippen LogP contribution in [-0.2, 0) is 11.2 Å². The average Bonchev–Trinajstić information content (AvgIpc) is 2.77. The SMILES string of the molecule is CC(=O)[C@@H]1[C@H](c2ccc(Br)cc2)c2c(noc2C)C[C@@]1(C)O. The van der Waals surface area contributed by atoms with Crippen molar-refractivity contribution in [2.45, 2.75) is 38.7 Å². The lowest BCUT2D eigenvalue weighted by molar-refractivity contribution is -0.130. The van der Waals surface area contributed by atoms with E-state index in [2.05, 4.69) is 21.1 Å². The van der Waals surface area contributed by atoms with Gasteiger partial charge in [-0.05, 0) is 38.5 Å². The number of fused-ring (bicyclic) bond motifs is 1. The minimum Gasteiger partial charge on any atom is -0.389 e. The summed E-state index contributed by atoms with van der Waals surface area (Å²) in [5.74, 6) is -0.0660. The smallest absolute Gasteiger partial charge is 0.137 e. The second-order valence-electron chi connectivity index (χ2n) is 6.25. The highest BCUT2D eigenvalue weighted by molar-refractivity contribution is 9.10. The molecular weight excluding hydrogens is 346 g/mol. The highest BCUT2D eigenvalue weighted by Crippen LogP contribution is 2.47. The molecule has 1 aliphatic rings. The van der Waals surface area contributed by atoms with Crippen molar-refractivity contribution in [3.05, 3.63) is 51.3 Å². The van der Waals surface area contributed by atoms with Crippen molar-refractivity contribution in [3.8, 4) is 0 Å². The van der Waals surface area contributed by atoms with Gasteiger partial charge in [0.15, 0.2) is 0 Å². The number of hydrogen-bond acceptors (Lipinski definition) is 4. The normalized spacial score (nSPS) is 27.5. The molecule has 1 heterocycles. The van der Waals surface area contributed by atoms with Crippen molar-refractivity contribution in [1.29, 1.82) is 0 Å². The monoisotopic (exact) mass is 363 g/mol. The van der Waals surface area contributed by atoms with Crippen molar-refractivity contribution < 1.29 is 14.4 Å². The summed E-state index contributed by atoms with van der Waals surface area (Å²) in [5.41, 5.74) is 1.53. The van der Waals surface area contributed by atoms with Crippen LogP contribution in [-0.4, -0.2) is 21.6 Å². The Morgan fingerprint density at radius 2 is 2.05 bits per heavy atom. The second-order valence-corrected chi connectivity index (χ2v) is 7.17. The number of carbonyl (C=O) groups is 1. The predicted molar refractivity (Wildman–Crippen MR) is 85.7 cm³/mol. The molecule has 1 aromatic heterocycles. The predicted octanol–water partition coefficient (Wildman–Crippen LogP) is 3.39. The molecule has 1 N–H and O–H groups in total. The van der Waals surface area contributed by atoms with Crippen LogP contribution < -0.4 is 0 Å². The number of Topliss-reactive ketones (excluding diaryl/α,β-unsaturated/α-hetero) is 1. The van der Waals surface area contributed by atoms with Gasteiger partial charge in [0.25, 0.3) is 0 Å². The summed E-state index contributed by atoms with van der Waals surface area (Å²) in [5, 5.41) is 14.9. The molecule has 0 amide bonds. The minimum absolute atomic E-state index is 0.0239. The quantitative estimate of drug-likeness (QED) is 0.887. The van der Waals surface area contributed by atoms with Crippen LogP contribution in [0.1, 0.15) is 42.3 Å². The van der Waals surface area contributed by atoms with Crippen LogP contribution in [0.5, 0.6) is 0 Å². The molecule has 3 atom stereocenters. The van der Waals surface area contributed by atoms with Crippen molar-refractivity contribution in [3.63, 3.8) is 0 Å². The summed E-state index contributed by atoms with van der Waals surface area (Å²) in [7, 11) is 0. The first-order valence-corrected chi connectivity index (χ1v) is 8.04. The number of aliphatic hydroxyl groups is 1. The number of nitrogens with zero attached hydrogens (tertiary/aromatic N) is 1. The van der Waals surface area contributed by atoms with E-state index in [-0.39, 0.29) is 11.7 Å². The number of hydrogen-bond donors (Lipinski definition) is 1. The zero-order chi connectivity index (χ0) is 16.1. The van der Waals surface area contributed by atoms with Crippen molar-refractivity contribution in [1.82, 2.24) is 5.16 Å². The van der Waals surface area contributed by atoms with Crippen molar-refractivity contribution >= 4 is 21.7 Å². The first kappa shape index (κ1) is 15.4. The van der Waals surface area contributed by atoms with Gasteiger partial charge in [-0.15, -0.1) is 0 Å². The van der Waals surface area contributed by atoms with Gasteiger partial charge in [-0.3, -0.25) is 4.79 Å². The van der Waals surface area contributed by atoms with Crippen LogP contribution in [0.25, 0.3) is 0 Å². The Hall–Kier alpha value is -1.46. The lowest BCUT2D eigenvalue weighted by Gasteiger charge is -2.40. The number of rotatable bonds is 2. The summed E-state index contributed by atoms with van der Waals surface area (Å²) in [6.45, 7) is 5.10. The fourth-order valence-corrected chi connectivity index (χ4v) is 3.89. The number of aromatic nitrogens is 1. The van der Waals surface area contributed by atoms with Crippen LogP contribution in [0.2, 0.25) is 0 Å². The maximum Gasteiger partial charge on any atom is 0.137 e. The highest BCUT2D eigenvalue weighted by Gasteiger charge is 2.49. The van der Waals surface area contributed by atoms with E-state index in [9.17, 15) is 9.90 Å². The molecular formula is C17H18BrNO3. The van der Waals surface area contributed by atoms with E-state index in [0.717, 1.165) is 21.3 Å². The van der Waals surface area contributed by atoms with Crippen LogP contribution in [0.15, 0.2) is 33.3 Å². The molecule has 22 heavy (non-hydrogen) atoms. The fourth-order valence-electron chi connectivity index (χ4n) is 3.63. The Balaban J connectivity index is 2.23. The third kappa shape index (κ3) is 2.42. The Morgan fingerprint density at radius 3 is 2.64 bits per heavy atom. The Bertz CT molecular complexity index is 718. The van der Waals surface area contributed by atoms with E-state index in [4.69, 9.17) is 4.52 Å². The molecule has 1 aliphatic carbocycles. The molecule has 2 aromatic rings. The average molecular weight is 364 g/mol. The Morgan fingerprint density at radius 1 is 1.41 bits per heavy atom. The third-order valence-electron chi connectivity index (χ3n) is 4.49. The summed E-state index contributed by atoms with van der Waals surface area (Å²) in [4.78, 5) is 12.3. The van der Waals surface area contributed by atoms with Crippen molar-refractivity contribution in [2.75, 3.05) is 0 Å². The van der Waals surface area contributed by atoms with Crippen LogP contribution in [0.3, 0.4) is 0 Å². The zero-order valence-electron chi connectivity index (χ0n) is 12.8. The molecule has 3 rings (SSSR count). The standard InChI is InChI=1S/C17H18BrNO3/c1-9(20)16-15(11-4-6-12(18)7-5-11)14-10(2)22-19-13(14)8-17(16,3)21/h4-7,15-16,21H,8H2,1-3H3/t15-,16-,17-/m1/s1. The van der Waals surface area contributed by atoms with E-state index < -0.39 is 11.5 Å². The van der Waals surface area contributed by atoms with Crippen molar-refractivity contribution in [2.24, 2.45) is 5.92 Å².